The van der Waals surface area contributed by atoms with Gasteiger partial charge in [0.2, 0.25) is 0 Å². The van der Waals surface area contributed by atoms with E-state index in [2.05, 4.69) is 22.0 Å². The van der Waals surface area contributed by atoms with Gasteiger partial charge in [0.15, 0.2) is 0 Å². The number of imidazole rings is 1. The standard InChI is InChI=1S/C14H23N5/c1-10-14(11(2)19(3)18-10)12-9-16-13(17-12)7-5-4-6-8-15/h9H,4-8,15H2,1-3H3,(H,16,17). The number of nitrogens with zero attached hydrogens (tertiary/aromatic N) is 3. The van der Waals surface area contributed by atoms with Crippen LogP contribution in [0.2, 0.25) is 0 Å². The third-order valence-corrected chi connectivity index (χ3v) is 3.52. The Labute approximate surface area is 114 Å². The monoisotopic (exact) mass is 261 g/mol. The van der Waals surface area contributed by atoms with E-state index in [0.29, 0.717) is 0 Å². The summed E-state index contributed by atoms with van der Waals surface area (Å²) in [4.78, 5) is 7.86. The molecule has 3 N–H and O–H groups in total. The van der Waals surface area contributed by atoms with Crippen LogP contribution < -0.4 is 5.73 Å². The average molecular weight is 261 g/mol. The molecule has 0 aromatic carbocycles. The van der Waals surface area contributed by atoms with Gasteiger partial charge >= 0.3 is 0 Å². The Balaban J connectivity index is 2.08. The van der Waals surface area contributed by atoms with Crippen LogP contribution in [0.5, 0.6) is 0 Å². The summed E-state index contributed by atoms with van der Waals surface area (Å²) in [5, 5.41) is 4.44. The van der Waals surface area contributed by atoms with Crippen molar-refractivity contribution in [2.24, 2.45) is 12.8 Å². The topological polar surface area (TPSA) is 72.5 Å². The van der Waals surface area contributed by atoms with Gasteiger partial charge < -0.3 is 10.7 Å². The lowest BCUT2D eigenvalue weighted by Crippen LogP contribution is -1.98. The van der Waals surface area contributed by atoms with E-state index in [9.17, 15) is 0 Å². The van der Waals surface area contributed by atoms with Crippen molar-refractivity contribution in [2.75, 3.05) is 6.54 Å². The molecule has 0 atom stereocenters. The predicted molar refractivity (Wildman–Crippen MR) is 76.9 cm³/mol. The summed E-state index contributed by atoms with van der Waals surface area (Å²) in [5.74, 6) is 1.05. The lowest BCUT2D eigenvalue weighted by molar-refractivity contribution is 0.673. The molecule has 0 fully saturated rings. The van der Waals surface area contributed by atoms with Crippen molar-refractivity contribution in [2.45, 2.75) is 39.5 Å². The second-order valence-electron chi connectivity index (χ2n) is 5.01. The highest BCUT2D eigenvalue weighted by molar-refractivity contribution is 5.64. The smallest absolute Gasteiger partial charge is 0.106 e. The Bertz CT molecular complexity index is 538. The maximum Gasteiger partial charge on any atom is 0.106 e. The Morgan fingerprint density at radius 1 is 1.26 bits per heavy atom. The zero-order valence-electron chi connectivity index (χ0n) is 12.0. The highest BCUT2D eigenvalue weighted by Crippen LogP contribution is 2.24. The van der Waals surface area contributed by atoms with Crippen LogP contribution >= 0.6 is 0 Å². The van der Waals surface area contributed by atoms with Crippen LogP contribution in [0.4, 0.5) is 0 Å². The Morgan fingerprint density at radius 2 is 2.05 bits per heavy atom. The number of nitrogens with two attached hydrogens (primary N) is 1. The van der Waals surface area contributed by atoms with Gasteiger partial charge in [0.05, 0.1) is 17.6 Å². The fourth-order valence-corrected chi connectivity index (χ4v) is 2.39. The van der Waals surface area contributed by atoms with Crippen LogP contribution in [0.3, 0.4) is 0 Å². The van der Waals surface area contributed by atoms with Gasteiger partial charge in [-0.2, -0.15) is 5.10 Å². The predicted octanol–water partition coefficient (Wildman–Crippen LogP) is 2.10. The summed E-state index contributed by atoms with van der Waals surface area (Å²) in [6, 6.07) is 0. The molecule has 0 unspecified atom stereocenters. The maximum absolute atomic E-state index is 5.49. The van der Waals surface area contributed by atoms with Crippen molar-refractivity contribution in [3.63, 3.8) is 0 Å². The number of hydrogen-bond acceptors (Lipinski definition) is 3. The lowest BCUT2D eigenvalue weighted by atomic mass is 10.1. The molecule has 0 radical (unpaired) electrons. The number of H-pyrrole nitrogens is 1. The first kappa shape index (κ1) is 13.8. The van der Waals surface area contributed by atoms with Gasteiger partial charge in [-0.05, 0) is 33.2 Å². The first-order valence-corrected chi connectivity index (χ1v) is 6.88. The molecule has 0 aliphatic heterocycles. The van der Waals surface area contributed by atoms with Crippen LogP contribution in [0.25, 0.3) is 11.3 Å². The van der Waals surface area contributed by atoms with Crippen molar-refractivity contribution in [3.8, 4) is 11.3 Å². The quantitative estimate of drug-likeness (QED) is 0.782. The zero-order chi connectivity index (χ0) is 13.8. The van der Waals surface area contributed by atoms with E-state index in [1.807, 2.05) is 24.9 Å². The molecule has 2 aromatic rings. The summed E-state index contributed by atoms with van der Waals surface area (Å²) in [5.41, 5.74) is 9.93. The largest absolute Gasteiger partial charge is 0.342 e. The van der Waals surface area contributed by atoms with Crippen LogP contribution in [0, 0.1) is 13.8 Å². The maximum atomic E-state index is 5.49. The van der Waals surface area contributed by atoms with Crippen molar-refractivity contribution in [3.05, 3.63) is 23.4 Å². The molecule has 2 aromatic heterocycles. The van der Waals surface area contributed by atoms with Crippen molar-refractivity contribution < 1.29 is 0 Å². The summed E-state index contributed by atoms with van der Waals surface area (Å²) in [6.07, 6.45) is 6.29. The van der Waals surface area contributed by atoms with E-state index in [0.717, 1.165) is 55.1 Å². The number of rotatable bonds is 6. The molecule has 0 aliphatic carbocycles. The van der Waals surface area contributed by atoms with Crippen LogP contribution in [0.1, 0.15) is 36.5 Å². The zero-order valence-corrected chi connectivity index (χ0v) is 12.0. The highest BCUT2D eigenvalue weighted by Gasteiger charge is 2.13. The van der Waals surface area contributed by atoms with Crippen LogP contribution in [0.15, 0.2) is 6.20 Å². The van der Waals surface area contributed by atoms with E-state index < -0.39 is 0 Å². The fourth-order valence-electron chi connectivity index (χ4n) is 2.39. The molecule has 0 saturated heterocycles. The van der Waals surface area contributed by atoms with Gasteiger partial charge in [0.1, 0.15) is 5.82 Å². The van der Waals surface area contributed by atoms with Gasteiger partial charge in [-0.1, -0.05) is 6.42 Å². The Kier molecular flexibility index (Phi) is 4.37. The molecule has 0 saturated carbocycles. The Hall–Kier alpha value is -1.62. The molecule has 104 valence electrons. The summed E-state index contributed by atoms with van der Waals surface area (Å²) in [6.45, 7) is 4.89. The van der Waals surface area contributed by atoms with Crippen molar-refractivity contribution >= 4 is 0 Å². The molecule has 0 aliphatic rings. The minimum Gasteiger partial charge on any atom is -0.342 e. The first-order valence-electron chi connectivity index (χ1n) is 6.88. The van der Waals surface area contributed by atoms with E-state index in [4.69, 9.17) is 5.73 Å². The molecule has 0 amide bonds. The van der Waals surface area contributed by atoms with E-state index in [1.165, 1.54) is 5.56 Å². The van der Waals surface area contributed by atoms with E-state index in [-0.39, 0.29) is 0 Å². The fraction of sp³-hybridized carbons (Fsp3) is 0.571. The summed E-state index contributed by atoms with van der Waals surface area (Å²) >= 11 is 0. The second kappa shape index (κ2) is 6.02. The minimum absolute atomic E-state index is 0.775. The molecule has 0 bridgehead atoms. The summed E-state index contributed by atoms with van der Waals surface area (Å²) in [7, 11) is 1.97. The number of nitrogens with one attached hydrogen (secondary N) is 1. The molecule has 2 rings (SSSR count). The molecule has 5 heteroatoms. The first-order chi connectivity index (χ1) is 9.13. The van der Waals surface area contributed by atoms with Crippen LogP contribution in [-0.4, -0.2) is 26.3 Å². The van der Waals surface area contributed by atoms with Gasteiger partial charge in [-0.25, -0.2) is 4.98 Å². The van der Waals surface area contributed by atoms with Gasteiger partial charge in [0.25, 0.3) is 0 Å². The van der Waals surface area contributed by atoms with Gasteiger partial charge in [-0.15, -0.1) is 0 Å². The van der Waals surface area contributed by atoms with Crippen molar-refractivity contribution in [1.29, 1.82) is 0 Å². The lowest BCUT2D eigenvalue weighted by Gasteiger charge is -1.99. The second-order valence-corrected chi connectivity index (χ2v) is 5.01. The highest BCUT2D eigenvalue weighted by atomic mass is 15.3. The molecule has 0 spiro atoms. The number of aromatic nitrogens is 4. The number of unbranched alkanes of at least 4 members (excludes halogenated alkanes) is 2. The normalized spacial score (nSPS) is 11.2. The molecular weight excluding hydrogens is 238 g/mol. The molecule has 5 nitrogen and oxygen atoms in total. The summed E-state index contributed by atoms with van der Waals surface area (Å²) < 4.78 is 1.91. The van der Waals surface area contributed by atoms with Crippen LogP contribution in [-0.2, 0) is 13.5 Å². The SMILES string of the molecule is Cc1nn(C)c(C)c1-c1cnc(CCCCCN)[nH]1. The molecular formula is C14H23N5. The molecule has 2 heterocycles. The minimum atomic E-state index is 0.775. The third kappa shape index (κ3) is 3.04. The third-order valence-electron chi connectivity index (χ3n) is 3.52. The van der Waals surface area contributed by atoms with Gasteiger partial charge in [0, 0.05) is 24.7 Å². The molecule has 19 heavy (non-hydrogen) atoms. The number of aromatic amines is 1. The van der Waals surface area contributed by atoms with E-state index in [1.54, 1.807) is 0 Å². The number of hydrogen-bond donors (Lipinski definition) is 2. The number of aryl methyl sites for hydroxylation is 3. The average Bonchev–Trinajstić information content (AvgIpc) is 2.91. The van der Waals surface area contributed by atoms with Crippen molar-refractivity contribution in [1.82, 2.24) is 19.7 Å². The van der Waals surface area contributed by atoms with E-state index >= 15 is 0 Å². The van der Waals surface area contributed by atoms with Gasteiger partial charge in [-0.3, -0.25) is 4.68 Å². The Morgan fingerprint density at radius 3 is 2.68 bits per heavy atom.